The van der Waals surface area contributed by atoms with Gasteiger partial charge in [-0.15, -0.1) is 363 Å². The van der Waals surface area contributed by atoms with E-state index in [9.17, 15) is 0 Å². The maximum atomic E-state index is 6.86. The molecule has 0 rings (SSSR count). The van der Waals surface area contributed by atoms with Crippen molar-refractivity contribution in [3.63, 3.8) is 0 Å². The monoisotopic (exact) mass is 2960 g/mol. The molecule has 0 saturated heterocycles. The van der Waals surface area contributed by atoms with Crippen LogP contribution in [0.25, 0.3) is 10.4 Å². The molecule has 47 atom stereocenters. The molecule has 25 N–H and O–H groups in total. The average Bonchev–Trinajstić information content (AvgIpc) is 0.914. The minimum Gasteiger partial charge on any atom is -0.344 e. The fourth-order valence-electron chi connectivity index (χ4n) is 1.61. The first kappa shape index (κ1) is 194. The van der Waals surface area contributed by atoms with Crippen molar-refractivity contribution in [2.24, 2.45) is 224 Å². The largest absolute Gasteiger partial charge is 0.344 e. The summed E-state index contributed by atoms with van der Waals surface area (Å²) in [6, 6.07) is 0. The van der Waals surface area contributed by atoms with Crippen LogP contribution in [0.5, 0.6) is 0 Å². The highest BCUT2D eigenvalue weighted by Crippen LogP contribution is 3.13. The topological polar surface area (TPSA) is 925 Å². The number of nitrogens with two attached hydrogens (primary N) is 7. The highest BCUT2D eigenvalue weighted by atomic mass is 33.2. The van der Waals surface area contributed by atoms with Gasteiger partial charge in [0.1, 0.15) is 0 Å². The van der Waals surface area contributed by atoms with Gasteiger partial charge in [-0.2, -0.15) is 62.1 Å². The van der Waals surface area contributed by atoms with Crippen molar-refractivity contribution in [2.75, 3.05) is 0 Å². The highest BCUT2D eigenvalue weighted by molar-refractivity contribution is 9.19. The molecule has 0 aromatic carbocycles. The summed E-state index contributed by atoms with van der Waals surface area (Å²) in [5.41, 5.74) is 54.2. The molecule has 0 aliphatic carbocycles. The maximum absolute atomic E-state index is 6.86. The van der Waals surface area contributed by atoms with Gasteiger partial charge in [0.05, 0.1) is 0 Å². The fourth-order valence-corrected chi connectivity index (χ4v) is 290. The van der Waals surface area contributed by atoms with Gasteiger partial charge >= 0.3 is 0 Å². The summed E-state index contributed by atoms with van der Waals surface area (Å²) in [6.07, 6.45) is 0. The molecule has 0 aromatic rings. The Kier molecular flexibility index (Phi) is 297. The van der Waals surface area contributed by atoms with Gasteiger partial charge in [0.15, 0.2) is 0 Å². The van der Waals surface area contributed by atoms with E-state index in [0.29, 0.717) is 6.99 Å². The van der Waals surface area contributed by atoms with E-state index in [-0.39, 0.29) is 162 Å². The summed E-state index contributed by atoms with van der Waals surface area (Å²) in [6.45, 7) is 3.66. The lowest BCUT2D eigenvalue weighted by molar-refractivity contribution is 0.764. The second-order valence-electron chi connectivity index (χ2n) is 11.4. The second-order valence-corrected chi connectivity index (χ2v) is 218. The Balaban J connectivity index is -0.0000000438. The normalized spacial score (nSPS) is 11.2. The van der Waals surface area contributed by atoms with Crippen LogP contribution in [-0.4, -0.2) is 0 Å². The molecule has 0 aliphatic rings. The van der Waals surface area contributed by atoms with Crippen LogP contribution in [0, 0.1) is 55.0 Å². The Morgan fingerprint density at radius 3 is 0.508 bits per heavy atom. The smallest absolute Gasteiger partial charge is 0 e. The van der Waals surface area contributed by atoms with E-state index >= 15 is 0 Å². The van der Waals surface area contributed by atoms with Gasteiger partial charge in [-0.25, -0.2) is 0 Å². The van der Waals surface area contributed by atoms with E-state index in [1.54, 1.807) is 4.91 Å². The quantitative estimate of drug-likeness (QED) is 0.00613. The number of rotatable bonds is 30. The minimum absolute atomic E-state index is 0. The molecule has 47 unspecified atom stereocenters. The van der Waals surface area contributed by atoms with Crippen LogP contribution in [0.15, 0.2) is 183 Å². The summed E-state index contributed by atoms with van der Waals surface area (Å²) in [7, 11) is 118. The average molecular weight is 2960 g/mol. The molecule has 0 amide bonds. The fraction of sp³-hybridized carbons (Fsp3) is 0. The van der Waals surface area contributed by atoms with Crippen molar-refractivity contribution in [1.82, 2.24) is 6.15 Å². The highest BCUT2D eigenvalue weighted by Gasteiger charge is 2.23. The first-order valence-electron chi connectivity index (χ1n) is 23.2. The molecule has 0 heterocycles. The summed E-state index contributed by atoms with van der Waals surface area (Å²) >= 11 is 0. The SMILES string of the molecule is N.N#N.N/N=N/N.N/N=N/N=N/N=N/N.N=N/N=N/N.N=N/N=N/N=N.N=N/N=N/N=N/N.N=N/N=N/N=N/N=N/N.N=N/N=N/N=N/N=N/N=N.P.PP.PP(P)P.PP(P)P(P(P)P)P(P)P.PP(P)P(P)P.PP(P)P(P)P(P)P.PPP.PPP(P(P)P)P(P)P.PPP(P)P.PPP(P)P(P(P)P)P(P)P.PPP(P)P(P)P.S.[N-]=[N+]=N. The Morgan fingerprint density at radius 1 is 0.270 bits per heavy atom. The first-order valence-corrected chi connectivity index (χ1v) is 132. The predicted molar refractivity (Wildman–Crippen MR) is 741 cm³/mol. The molecule has 0 saturated carbocycles. The Bertz CT molecular complexity index is 2350. The first-order chi connectivity index (χ1) is 55.7. The van der Waals surface area contributed by atoms with Gasteiger partial charge < -0.3 is 47.0 Å². The Hall–Kier alpha value is 17.6. The molecule has 0 aromatic heterocycles. The van der Waals surface area contributed by atoms with Crippen molar-refractivity contribution >= 4 is 560 Å². The van der Waals surface area contributed by atoms with Crippen LogP contribution < -0.4 is 47.0 Å². The molecule has 0 radical (unpaired) electrons. The number of hydrogen-bond donors (Lipinski definition) is 16. The van der Waals surface area contributed by atoms with Crippen molar-refractivity contribution in [1.29, 1.82) is 55.0 Å². The molecule has 726 valence electrons. The van der Waals surface area contributed by atoms with E-state index in [0.717, 1.165) is 39.8 Å². The van der Waals surface area contributed by atoms with E-state index in [1.165, 1.54) is 0 Å². The van der Waals surface area contributed by atoms with Gasteiger partial charge in [0, 0.05) is 10.8 Å². The van der Waals surface area contributed by atoms with E-state index in [2.05, 4.69) is 581 Å². The van der Waals surface area contributed by atoms with Crippen molar-refractivity contribution in [2.45, 2.75) is 0 Å². The van der Waals surface area contributed by atoms with Crippen LogP contribution in [0.2, 0.25) is 0 Å². The van der Waals surface area contributed by atoms with Crippen molar-refractivity contribution < 1.29 is 0 Å². The molecule has 0 bridgehead atoms. The Labute approximate surface area is 846 Å². The number of nitrogens with one attached hydrogen (secondary N) is 8. The van der Waals surface area contributed by atoms with Gasteiger partial charge in [-0.3, -0.25) is 0 Å². The lowest BCUT2D eigenvalue weighted by Gasteiger charge is -2.29. The molecule has 122 heavy (non-hydrogen) atoms. The van der Waals surface area contributed by atoms with Gasteiger partial charge in [0.25, 0.3) is 0 Å². The molecular formula is H115N55P66S. The zero-order chi connectivity index (χ0) is 98.5. The molecule has 122 heteroatoms. The third kappa shape index (κ3) is 249. The number of hydrogen-bond acceptors (Lipinski definition) is 18. The maximum Gasteiger partial charge on any atom is 0 e. The van der Waals surface area contributed by atoms with Gasteiger partial charge in [0.2, 0.25) is 0 Å². The summed E-state index contributed by atoms with van der Waals surface area (Å²) < 4.78 is 0. The van der Waals surface area contributed by atoms with E-state index < -0.39 is 0 Å². The van der Waals surface area contributed by atoms with Crippen LogP contribution in [0.4, 0.5) is 0 Å². The minimum atomic E-state index is 0. The molecular weight excluding hydrogens is 2850 g/mol. The van der Waals surface area contributed by atoms with E-state index in [4.69, 9.17) is 60.6 Å². The van der Waals surface area contributed by atoms with Crippen molar-refractivity contribution in [3.05, 3.63) is 10.4 Å². The lowest BCUT2D eigenvalue weighted by Crippen LogP contribution is -1.80. The number of nitrogens with zero attached hydrogens (tertiary/aromatic N) is 39. The molecule has 55 nitrogen and oxygen atoms in total. The third-order valence-electron chi connectivity index (χ3n) is 4.42. The third-order valence-corrected chi connectivity index (χ3v) is 259. The molecule has 0 aliphatic heterocycles. The predicted octanol–water partition coefficient (Wildman–Crippen LogP) is 38.8. The van der Waals surface area contributed by atoms with Crippen LogP contribution >= 0.6 is 560 Å². The summed E-state index contributed by atoms with van der Waals surface area (Å²) in [5.74, 6) is 31.1. The molecule has 0 fully saturated rings. The van der Waals surface area contributed by atoms with Gasteiger partial charge in [-0.1, -0.05) is 76.4 Å². The second kappa shape index (κ2) is 187. The standard InChI is InChI=1S/H2N10.H3N9.H4N8.H3N7.H2N6.H3N5.H4N4.HN3.N2.H3N.H13P11.H12P10.H11P9.H10P8.H9P7.H8P6.H7P5.H6P4.H5P3.H4P2.H3P.H2S/c1-3-5-7-9-10-8-6-4-2;1-3-5-7-9-8-6-4-2;1-3-5-7-8-6-4-2;1-3-5-7-6-4-2;1-3-5-6-4-2;1-3-5-4-2;1-3-4-2;1-3-2;1-2;;1-7-10(6)11(8(2)3)9(4)5;1-7(2)10(8(3)4)9(5)6;1-6-9(7(2)3)8(4)5;1-6(2)8(5)7(3)4;1-5-7(4)6(2)3;1-5(2)6(3)4;1-4-5(2)3;1-4(2)3;1-3-2;1-2;;/h1-2H;(H3,1,2,5,6,9);(H2,1,4,5,8)(H2,2,3,6,7);(H3,1,2,5,6);1-2H;(H3,1,2,5);(H2,1,4)(H2,2,3);1H;;1H3;7H,1-6H2;1-6H2;6H,1-5H2;1-5H2;5H,1-4H2;1-4H2;4H,1-3H2;1-3H2;3H,1-2H2;1-2H2;1H3;1H2/b3-1?,4-2?,7-5+,8-6+,10-9+;;;;3-1?,4-2?,6-5+;;;;;;;;;;;;;;;;;. The van der Waals surface area contributed by atoms with Crippen LogP contribution in [0.1, 0.15) is 0 Å². The van der Waals surface area contributed by atoms with Crippen LogP contribution in [-0.2, 0) is 0 Å². The lowest BCUT2D eigenvalue weighted by atomic mass is 12.4. The Morgan fingerprint density at radius 2 is 0.443 bits per heavy atom. The van der Waals surface area contributed by atoms with Gasteiger partial charge in [-0.05, 0) is 296 Å². The molecule has 0 spiro atoms. The zero-order valence-electron chi connectivity index (χ0n) is 61.9. The summed E-state index contributed by atoms with van der Waals surface area (Å²) in [5, 5.41) is 107. The van der Waals surface area contributed by atoms with E-state index in [1.807, 2.05) is 0 Å². The summed E-state index contributed by atoms with van der Waals surface area (Å²) in [4.78, 5) is 1.75. The van der Waals surface area contributed by atoms with Crippen LogP contribution in [0.3, 0.4) is 0 Å². The zero-order valence-corrected chi connectivity index (χ0v) is 133. The van der Waals surface area contributed by atoms with Crippen molar-refractivity contribution in [3.8, 4) is 0 Å².